The van der Waals surface area contributed by atoms with E-state index >= 15 is 0 Å². The lowest BCUT2D eigenvalue weighted by atomic mass is 9.99. The molecule has 7 heteroatoms. The number of thiophene rings is 2. The number of hydrogen-bond donors (Lipinski definition) is 3. The molecule has 0 aliphatic carbocycles. The summed E-state index contributed by atoms with van der Waals surface area (Å²) >= 11 is 6.71. The predicted molar refractivity (Wildman–Crippen MR) is 98.7 cm³/mol. The van der Waals surface area contributed by atoms with Gasteiger partial charge in [-0.25, -0.2) is 4.99 Å². The van der Waals surface area contributed by atoms with Crippen LogP contribution in [0.15, 0.2) is 37.7 Å². The number of guanidine groups is 1. The number of halogens is 1. The molecule has 0 saturated heterocycles. The Morgan fingerprint density at radius 3 is 2.82 bits per heavy atom. The quantitative estimate of drug-likeness (QED) is 0.512. The first-order valence-electron chi connectivity index (χ1n) is 7.01. The zero-order chi connectivity index (χ0) is 16.0. The fourth-order valence-corrected chi connectivity index (χ4v) is 4.02. The number of rotatable bonds is 6. The number of nitrogens with zero attached hydrogens (tertiary/aromatic N) is 1. The topological polar surface area (TPSA) is 56.7 Å². The Bertz CT molecular complexity index is 608. The van der Waals surface area contributed by atoms with Crippen LogP contribution in [-0.2, 0) is 12.1 Å². The Kier molecular flexibility index (Phi) is 6.43. The molecule has 2 rings (SSSR count). The van der Waals surface area contributed by atoms with Crippen LogP contribution in [0.3, 0.4) is 0 Å². The lowest BCUT2D eigenvalue weighted by molar-refractivity contribution is 0.0621. The van der Waals surface area contributed by atoms with E-state index in [2.05, 4.69) is 37.6 Å². The van der Waals surface area contributed by atoms with Crippen molar-refractivity contribution in [3.8, 4) is 0 Å². The molecule has 1 unspecified atom stereocenters. The van der Waals surface area contributed by atoms with Gasteiger partial charge in [-0.15, -0.1) is 11.3 Å². The van der Waals surface area contributed by atoms with Gasteiger partial charge >= 0.3 is 0 Å². The fourth-order valence-electron chi connectivity index (χ4n) is 1.86. The third-order valence-electron chi connectivity index (χ3n) is 3.10. The van der Waals surface area contributed by atoms with Crippen LogP contribution in [0.1, 0.15) is 24.3 Å². The zero-order valence-electron chi connectivity index (χ0n) is 12.6. The maximum absolute atomic E-state index is 10.5. The van der Waals surface area contributed by atoms with Crippen LogP contribution in [0.25, 0.3) is 0 Å². The minimum Gasteiger partial charge on any atom is -0.384 e. The number of aliphatic imine (C=N–C) groups is 1. The summed E-state index contributed by atoms with van der Waals surface area (Å²) in [4.78, 5) is 5.75. The lowest BCUT2D eigenvalue weighted by Gasteiger charge is -2.24. The van der Waals surface area contributed by atoms with E-state index in [1.807, 2.05) is 36.1 Å². The summed E-state index contributed by atoms with van der Waals surface area (Å²) in [6.45, 7) is 5.63. The minimum atomic E-state index is -0.915. The molecule has 1 atom stereocenters. The first-order valence-corrected chi connectivity index (χ1v) is 9.63. The van der Waals surface area contributed by atoms with Gasteiger partial charge in [0.25, 0.3) is 0 Å². The molecule has 0 fully saturated rings. The van der Waals surface area contributed by atoms with Gasteiger partial charge in [0.1, 0.15) is 5.60 Å². The molecule has 2 heterocycles. The van der Waals surface area contributed by atoms with Crippen molar-refractivity contribution in [2.75, 3.05) is 13.1 Å². The summed E-state index contributed by atoms with van der Waals surface area (Å²) in [7, 11) is 0. The van der Waals surface area contributed by atoms with E-state index in [0.717, 1.165) is 16.6 Å². The fraction of sp³-hybridized carbons (Fsp3) is 0.400. The Hall–Kier alpha value is -0.890. The van der Waals surface area contributed by atoms with Gasteiger partial charge in [-0.2, -0.15) is 11.3 Å². The molecule has 3 N–H and O–H groups in total. The molecule has 0 amide bonds. The minimum absolute atomic E-state index is 0.406. The highest BCUT2D eigenvalue weighted by atomic mass is 79.9. The molecule has 0 spiro atoms. The van der Waals surface area contributed by atoms with E-state index in [1.54, 1.807) is 22.7 Å². The molecule has 2 aromatic rings. The molecule has 22 heavy (non-hydrogen) atoms. The second-order valence-corrected chi connectivity index (χ2v) is 7.76. The van der Waals surface area contributed by atoms with Gasteiger partial charge in [0.2, 0.25) is 0 Å². The molecule has 0 radical (unpaired) electrons. The van der Waals surface area contributed by atoms with Gasteiger partial charge in [-0.3, -0.25) is 0 Å². The van der Waals surface area contributed by atoms with Crippen molar-refractivity contribution in [3.05, 3.63) is 43.2 Å². The summed E-state index contributed by atoms with van der Waals surface area (Å²) < 4.78 is 1.08. The average molecular weight is 402 g/mol. The van der Waals surface area contributed by atoms with Crippen molar-refractivity contribution in [1.82, 2.24) is 10.6 Å². The summed E-state index contributed by atoms with van der Waals surface area (Å²) in [6, 6.07) is 4.01. The van der Waals surface area contributed by atoms with Gasteiger partial charge in [-0.1, -0.05) is 0 Å². The monoisotopic (exact) mass is 401 g/mol. The van der Waals surface area contributed by atoms with E-state index in [4.69, 9.17) is 0 Å². The van der Waals surface area contributed by atoms with Gasteiger partial charge in [0.15, 0.2) is 5.96 Å². The van der Waals surface area contributed by atoms with E-state index in [0.29, 0.717) is 19.0 Å². The van der Waals surface area contributed by atoms with Crippen LogP contribution in [0.4, 0.5) is 0 Å². The summed E-state index contributed by atoms with van der Waals surface area (Å²) in [5.74, 6) is 0.711. The molecular weight excluding hydrogens is 382 g/mol. The SMILES string of the molecule is CCNC(=NCc1cc(Br)cs1)NCC(C)(O)c1ccsc1. The largest absolute Gasteiger partial charge is 0.384 e. The highest BCUT2D eigenvalue weighted by Crippen LogP contribution is 2.22. The highest BCUT2D eigenvalue weighted by molar-refractivity contribution is 9.10. The molecule has 2 aromatic heterocycles. The van der Waals surface area contributed by atoms with Crippen LogP contribution in [0.2, 0.25) is 0 Å². The van der Waals surface area contributed by atoms with Crippen molar-refractivity contribution in [1.29, 1.82) is 0 Å². The summed E-state index contributed by atoms with van der Waals surface area (Å²) in [6.07, 6.45) is 0. The standard InChI is InChI=1S/C15H20BrN3OS2/c1-3-17-14(18-7-13-6-12(16)9-22-13)19-10-15(2,20)11-4-5-21-8-11/h4-6,8-9,20H,3,7,10H2,1-2H3,(H2,17,18,19). The number of aliphatic hydroxyl groups is 1. The van der Waals surface area contributed by atoms with Gasteiger partial charge in [-0.05, 0) is 58.2 Å². The molecular formula is C15H20BrN3OS2. The van der Waals surface area contributed by atoms with Gasteiger partial charge in [0.05, 0.1) is 13.1 Å². The third kappa shape index (κ3) is 5.08. The zero-order valence-corrected chi connectivity index (χ0v) is 15.8. The molecule has 120 valence electrons. The smallest absolute Gasteiger partial charge is 0.191 e. The van der Waals surface area contributed by atoms with Crippen molar-refractivity contribution in [2.24, 2.45) is 4.99 Å². The Morgan fingerprint density at radius 1 is 1.41 bits per heavy atom. The van der Waals surface area contributed by atoms with E-state index in [9.17, 15) is 5.11 Å². The van der Waals surface area contributed by atoms with Gasteiger partial charge in [0, 0.05) is 21.3 Å². The highest BCUT2D eigenvalue weighted by Gasteiger charge is 2.23. The Balaban J connectivity index is 1.96. The van der Waals surface area contributed by atoms with Crippen LogP contribution < -0.4 is 10.6 Å². The van der Waals surface area contributed by atoms with Crippen LogP contribution >= 0.6 is 38.6 Å². The van der Waals surface area contributed by atoms with Crippen molar-refractivity contribution < 1.29 is 5.11 Å². The molecule has 0 saturated carbocycles. The lowest BCUT2D eigenvalue weighted by Crippen LogP contribution is -2.44. The molecule has 0 aliphatic heterocycles. The van der Waals surface area contributed by atoms with Crippen molar-refractivity contribution in [3.63, 3.8) is 0 Å². The average Bonchev–Trinajstić information content (AvgIpc) is 3.13. The number of nitrogens with one attached hydrogen (secondary N) is 2. The third-order valence-corrected chi connectivity index (χ3v) is 5.47. The first kappa shape index (κ1) is 17.5. The second-order valence-electron chi connectivity index (χ2n) is 5.07. The maximum atomic E-state index is 10.5. The molecule has 0 bridgehead atoms. The van der Waals surface area contributed by atoms with Crippen LogP contribution in [0.5, 0.6) is 0 Å². The predicted octanol–water partition coefficient (Wildman–Crippen LogP) is 3.53. The summed E-state index contributed by atoms with van der Waals surface area (Å²) in [5, 5.41) is 22.9. The van der Waals surface area contributed by atoms with E-state index in [1.165, 1.54) is 4.88 Å². The van der Waals surface area contributed by atoms with Crippen molar-refractivity contribution in [2.45, 2.75) is 26.0 Å². The molecule has 0 aromatic carbocycles. The first-order chi connectivity index (χ1) is 10.5. The van der Waals surface area contributed by atoms with Crippen molar-refractivity contribution >= 4 is 44.6 Å². The van der Waals surface area contributed by atoms with Crippen LogP contribution in [0, 0.1) is 0 Å². The Morgan fingerprint density at radius 2 is 2.23 bits per heavy atom. The molecule has 0 aliphatic rings. The van der Waals surface area contributed by atoms with Gasteiger partial charge < -0.3 is 15.7 Å². The molecule has 4 nitrogen and oxygen atoms in total. The second kappa shape index (κ2) is 8.10. The maximum Gasteiger partial charge on any atom is 0.191 e. The van der Waals surface area contributed by atoms with Crippen LogP contribution in [-0.4, -0.2) is 24.2 Å². The van der Waals surface area contributed by atoms with E-state index in [-0.39, 0.29) is 0 Å². The summed E-state index contributed by atoms with van der Waals surface area (Å²) in [5.41, 5.74) is 0.00495. The Labute approximate surface area is 147 Å². The van der Waals surface area contributed by atoms with E-state index < -0.39 is 5.60 Å². The number of hydrogen-bond acceptors (Lipinski definition) is 4. The normalized spacial score (nSPS) is 14.6.